The molecule has 0 atom stereocenters. The van der Waals surface area contributed by atoms with Crippen LogP contribution in [-0.2, 0) is 10.0 Å². The average molecular weight is 285 g/mol. The number of anilines is 2. The quantitative estimate of drug-likeness (QED) is 0.664. The first-order valence-corrected chi connectivity index (χ1v) is 8.01. The van der Waals surface area contributed by atoms with Crippen molar-refractivity contribution in [2.45, 2.75) is 25.7 Å². The molecule has 1 aromatic heterocycles. The fourth-order valence-electron chi connectivity index (χ4n) is 1.71. The summed E-state index contributed by atoms with van der Waals surface area (Å²) in [5.41, 5.74) is 5.71. The van der Waals surface area contributed by atoms with Crippen LogP contribution in [-0.4, -0.2) is 37.2 Å². The number of rotatable bonds is 7. The highest BCUT2D eigenvalue weighted by Crippen LogP contribution is 2.38. The van der Waals surface area contributed by atoms with E-state index in [9.17, 15) is 8.42 Å². The van der Waals surface area contributed by atoms with Gasteiger partial charge in [-0.3, -0.25) is 0 Å². The maximum absolute atomic E-state index is 11.5. The van der Waals surface area contributed by atoms with E-state index in [1.54, 1.807) is 13.0 Å². The lowest BCUT2D eigenvalue weighted by Gasteiger charge is -2.08. The van der Waals surface area contributed by atoms with Crippen molar-refractivity contribution < 1.29 is 8.42 Å². The van der Waals surface area contributed by atoms with Crippen molar-refractivity contribution in [3.8, 4) is 0 Å². The van der Waals surface area contributed by atoms with E-state index in [0.717, 1.165) is 18.7 Å². The lowest BCUT2D eigenvalue weighted by atomic mass is 10.4. The van der Waals surface area contributed by atoms with Crippen LogP contribution in [0, 0.1) is 0 Å². The summed E-state index contributed by atoms with van der Waals surface area (Å²) >= 11 is 0. The maximum Gasteiger partial charge on any atom is 0.213 e. The molecular formula is C11H19N5O2S. The second-order valence-electron chi connectivity index (χ2n) is 4.55. The van der Waals surface area contributed by atoms with E-state index in [4.69, 9.17) is 5.73 Å². The molecule has 1 aliphatic carbocycles. The molecule has 1 aromatic rings. The Balaban J connectivity index is 1.92. The van der Waals surface area contributed by atoms with Gasteiger partial charge in [0.2, 0.25) is 10.0 Å². The van der Waals surface area contributed by atoms with E-state index in [0.29, 0.717) is 24.1 Å². The molecule has 1 aliphatic rings. The number of sulfonamides is 1. The SMILES string of the molecule is CCNS(=O)(=O)CCNc1cc(N)nc(C2CC2)n1. The molecule has 0 amide bonds. The summed E-state index contributed by atoms with van der Waals surface area (Å²) in [6.45, 7) is 2.43. The number of nitrogens with zero attached hydrogens (tertiary/aromatic N) is 2. The van der Waals surface area contributed by atoms with Crippen LogP contribution >= 0.6 is 0 Å². The van der Waals surface area contributed by atoms with Crippen LogP contribution in [0.15, 0.2) is 6.07 Å². The molecule has 0 spiro atoms. The Bertz CT molecular complexity index is 542. The van der Waals surface area contributed by atoms with Gasteiger partial charge in [-0.2, -0.15) is 0 Å². The Labute approximate surface area is 113 Å². The molecule has 2 rings (SSSR count). The fraction of sp³-hybridized carbons (Fsp3) is 0.636. The van der Waals surface area contributed by atoms with Crippen molar-refractivity contribution in [2.75, 3.05) is 29.9 Å². The molecule has 0 saturated heterocycles. The second kappa shape index (κ2) is 5.70. The van der Waals surface area contributed by atoms with Gasteiger partial charge in [0.15, 0.2) is 0 Å². The topological polar surface area (TPSA) is 110 Å². The van der Waals surface area contributed by atoms with Gasteiger partial charge in [-0.25, -0.2) is 23.1 Å². The maximum atomic E-state index is 11.5. The van der Waals surface area contributed by atoms with Gasteiger partial charge in [0.05, 0.1) is 5.75 Å². The van der Waals surface area contributed by atoms with Crippen molar-refractivity contribution in [3.63, 3.8) is 0 Å². The summed E-state index contributed by atoms with van der Waals surface area (Å²) in [7, 11) is -3.21. The van der Waals surface area contributed by atoms with E-state index in [2.05, 4.69) is 20.0 Å². The molecule has 0 aliphatic heterocycles. The van der Waals surface area contributed by atoms with Gasteiger partial charge in [0, 0.05) is 25.1 Å². The molecule has 19 heavy (non-hydrogen) atoms. The summed E-state index contributed by atoms with van der Waals surface area (Å²) in [5, 5.41) is 2.97. The third kappa shape index (κ3) is 4.32. The first kappa shape index (κ1) is 14.0. The second-order valence-corrected chi connectivity index (χ2v) is 6.48. The van der Waals surface area contributed by atoms with Crippen LogP contribution in [0.1, 0.15) is 31.5 Å². The normalized spacial score (nSPS) is 15.4. The van der Waals surface area contributed by atoms with Crippen molar-refractivity contribution >= 4 is 21.7 Å². The minimum atomic E-state index is -3.21. The van der Waals surface area contributed by atoms with Gasteiger partial charge in [-0.15, -0.1) is 0 Å². The zero-order valence-electron chi connectivity index (χ0n) is 10.9. The molecule has 1 heterocycles. The molecule has 106 valence electrons. The Kier molecular flexibility index (Phi) is 4.20. The lowest BCUT2D eigenvalue weighted by Crippen LogP contribution is -2.29. The highest BCUT2D eigenvalue weighted by molar-refractivity contribution is 7.89. The van der Waals surface area contributed by atoms with Gasteiger partial charge in [0.1, 0.15) is 17.5 Å². The minimum absolute atomic E-state index is 0.00348. The predicted octanol–water partition coefficient (Wildman–Crippen LogP) is 0.287. The van der Waals surface area contributed by atoms with Gasteiger partial charge in [-0.05, 0) is 12.8 Å². The van der Waals surface area contributed by atoms with E-state index < -0.39 is 10.0 Å². The zero-order chi connectivity index (χ0) is 13.9. The van der Waals surface area contributed by atoms with Crippen LogP contribution in [0.4, 0.5) is 11.6 Å². The molecule has 0 aromatic carbocycles. The number of nitrogens with one attached hydrogen (secondary N) is 2. The molecule has 1 fully saturated rings. The van der Waals surface area contributed by atoms with Crippen LogP contribution in [0.3, 0.4) is 0 Å². The van der Waals surface area contributed by atoms with Crippen LogP contribution in [0.25, 0.3) is 0 Å². The van der Waals surface area contributed by atoms with Gasteiger partial charge in [0.25, 0.3) is 0 Å². The number of nitrogens with two attached hydrogens (primary N) is 1. The summed E-state index contributed by atoms with van der Waals surface area (Å²) in [6, 6.07) is 1.62. The molecule has 4 N–H and O–H groups in total. The molecule has 0 bridgehead atoms. The molecule has 1 saturated carbocycles. The largest absolute Gasteiger partial charge is 0.384 e. The molecule has 0 unspecified atom stereocenters. The fourth-order valence-corrected chi connectivity index (χ4v) is 2.66. The van der Waals surface area contributed by atoms with Crippen molar-refractivity contribution in [2.24, 2.45) is 0 Å². The highest BCUT2D eigenvalue weighted by atomic mass is 32.2. The van der Waals surface area contributed by atoms with Crippen molar-refractivity contribution in [3.05, 3.63) is 11.9 Å². The van der Waals surface area contributed by atoms with Gasteiger partial charge in [-0.1, -0.05) is 6.92 Å². The van der Waals surface area contributed by atoms with E-state index in [1.165, 1.54) is 0 Å². The van der Waals surface area contributed by atoms with E-state index >= 15 is 0 Å². The molecule has 7 nitrogen and oxygen atoms in total. The van der Waals surface area contributed by atoms with Crippen LogP contribution in [0.2, 0.25) is 0 Å². The summed E-state index contributed by atoms with van der Waals surface area (Å²) in [4.78, 5) is 8.52. The molecule has 8 heteroatoms. The van der Waals surface area contributed by atoms with E-state index in [1.807, 2.05) is 0 Å². The first-order valence-electron chi connectivity index (χ1n) is 6.36. The third-order valence-electron chi connectivity index (χ3n) is 2.75. The summed E-state index contributed by atoms with van der Waals surface area (Å²) in [6.07, 6.45) is 2.19. The average Bonchev–Trinajstić information content (AvgIpc) is 3.11. The smallest absolute Gasteiger partial charge is 0.213 e. The Hall–Kier alpha value is -1.41. The van der Waals surface area contributed by atoms with Crippen LogP contribution in [0.5, 0.6) is 0 Å². The highest BCUT2D eigenvalue weighted by Gasteiger charge is 2.27. The van der Waals surface area contributed by atoms with Crippen molar-refractivity contribution in [1.29, 1.82) is 0 Å². The number of nitrogen functional groups attached to an aromatic ring is 1. The number of hydrogen-bond donors (Lipinski definition) is 3. The summed E-state index contributed by atoms with van der Waals surface area (Å²) in [5.74, 6) is 2.16. The molecular weight excluding hydrogens is 266 g/mol. The van der Waals surface area contributed by atoms with Crippen LogP contribution < -0.4 is 15.8 Å². The third-order valence-corrected chi connectivity index (χ3v) is 4.22. The van der Waals surface area contributed by atoms with Gasteiger partial charge >= 0.3 is 0 Å². The monoisotopic (exact) mass is 285 g/mol. The van der Waals surface area contributed by atoms with Crippen molar-refractivity contribution in [1.82, 2.24) is 14.7 Å². The Morgan fingerprint density at radius 2 is 2.16 bits per heavy atom. The Morgan fingerprint density at radius 1 is 1.42 bits per heavy atom. The minimum Gasteiger partial charge on any atom is -0.384 e. The zero-order valence-corrected chi connectivity index (χ0v) is 11.7. The number of hydrogen-bond acceptors (Lipinski definition) is 6. The summed E-state index contributed by atoms with van der Waals surface area (Å²) < 4.78 is 25.4. The predicted molar refractivity (Wildman–Crippen MR) is 74.4 cm³/mol. The van der Waals surface area contributed by atoms with Gasteiger partial charge < -0.3 is 11.1 Å². The lowest BCUT2D eigenvalue weighted by molar-refractivity contribution is 0.584. The first-order chi connectivity index (χ1) is 9.00. The standard InChI is InChI=1S/C11H19N5O2S/c1-2-14-19(17,18)6-5-13-10-7-9(12)15-11(16-10)8-3-4-8/h7-8,14H,2-6H2,1H3,(H3,12,13,15,16). The Morgan fingerprint density at radius 3 is 2.79 bits per heavy atom. The van der Waals surface area contributed by atoms with E-state index in [-0.39, 0.29) is 12.3 Å². The number of aromatic nitrogens is 2. The molecule has 0 radical (unpaired) electrons.